The van der Waals surface area contributed by atoms with Crippen LogP contribution in [-0.4, -0.2) is 74.5 Å². The van der Waals surface area contributed by atoms with Crippen LogP contribution in [0.15, 0.2) is 30.9 Å². The molecule has 0 saturated carbocycles. The Labute approximate surface area is 219 Å². The Morgan fingerprint density at radius 2 is 2.14 bits per heavy atom. The second-order valence-corrected chi connectivity index (χ2v) is 12.4. The third kappa shape index (κ3) is 4.03. The zero-order valence-corrected chi connectivity index (χ0v) is 23.0. The Morgan fingerprint density at radius 1 is 1.43 bits per heavy atom. The molecule has 0 aromatic heterocycles. The van der Waals surface area contributed by atoms with Gasteiger partial charge in [0.05, 0.1) is 35.8 Å². The molecule has 3 aliphatic rings. The van der Waals surface area contributed by atoms with E-state index in [1.165, 1.54) is 4.90 Å². The van der Waals surface area contributed by atoms with E-state index in [1.54, 1.807) is 36.6 Å². The number of nitrogens with zero attached hydrogens (tertiary/aromatic N) is 2. The number of aliphatic hydroxyl groups is 1. The zero-order chi connectivity index (χ0) is 25.7. The number of fused-ring (bicyclic) bond motifs is 1. The molecule has 4 rings (SSSR count). The van der Waals surface area contributed by atoms with Crippen LogP contribution in [0.5, 0.6) is 0 Å². The van der Waals surface area contributed by atoms with E-state index in [-0.39, 0.29) is 41.6 Å². The van der Waals surface area contributed by atoms with E-state index in [2.05, 4.69) is 22.5 Å². The molecule has 2 bridgehead atoms. The molecular weight excluding hydrogens is 532 g/mol. The van der Waals surface area contributed by atoms with Crippen LogP contribution in [0.2, 0.25) is 0 Å². The minimum absolute atomic E-state index is 0.0285. The first kappa shape index (κ1) is 26.2. The van der Waals surface area contributed by atoms with Crippen LogP contribution in [0.3, 0.4) is 0 Å². The van der Waals surface area contributed by atoms with Crippen molar-refractivity contribution >= 4 is 51.2 Å². The topological polar surface area (TPSA) is 87.2 Å². The summed E-state index contributed by atoms with van der Waals surface area (Å²) < 4.78 is 4.59. The highest BCUT2D eigenvalue weighted by molar-refractivity contribution is 9.09. The predicted octanol–water partition coefficient (Wildman–Crippen LogP) is 3.23. The maximum absolute atomic E-state index is 14.5. The van der Waals surface area contributed by atoms with E-state index >= 15 is 0 Å². The molecule has 3 heterocycles. The molecule has 3 saturated heterocycles. The number of aliphatic hydroxyl groups excluding tert-OH is 1. The normalized spacial score (nSPS) is 31.9. The predicted molar refractivity (Wildman–Crippen MR) is 141 cm³/mol. The average Bonchev–Trinajstić information content (AvgIpc) is 3.42. The Bertz CT molecular complexity index is 1050. The van der Waals surface area contributed by atoms with E-state index in [9.17, 15) is 19.5 Å². The van der Waals surface area contributed by atoms with Gasteiger partial charge in [0, 0.05) is 22.3 Å². The zero-order valence-electron chi connectivity index (χ0n) is 20.6. The minimum atomic E-state index is -0.823. The number of ether oxygens (including phenoxy) is 1. The smallest absolute Gasteiger partial charge is 0.310 e. The van der Waals surface area contributed by atoms with E-state index in [4.69, 9.17) is 4.74 Å². The van der Waals surface area contributed by atoms with Gasteiger partial charge in [-0.1, -0.05) is 34.1 Å². The summed E-state index contributed by atoms with van der Waals surface area (Å²) in [7, 11) is 0. The summed E-state index contributed by atoms with van der Waals surface area (Å²) in [5.41, 5.74) is 2.73. The number of halogens is 1. The summed E-state index contributed by atoms with van der Waals surface area (Å²) >= 11 is 5.31. The fraction of sp³-hybridized carbons (Fsp3) is 0.577. The third-order valence-electron chi connectivity index (χ3n) is 7.49. The van der Waals surface area contributed by atoms with Gasteiger partial charge in [-0.05, 0) is 51.3 Å². The fourth-order valence-corrected chi connectivity index (χ4v) is 9.59. The van der Waals surface area contributed by atoms with Crippen molar-refractivity contribution in [3.63, 3.8) is 0 Å². The lowest BCUT2D eigenvalue weighted by molar-refractivity contribution is -0.154. The molecule has 0 aliphatic carbocycles. The van der Waals surface area contributed by atoms with Crippen LogP contribution < -0.4 is 4.90 Å². The summed E-state index contributed by atoms with van der Waals surface area (Å²) in [5, 5.41) is 9.90. The Hall–Kier alpha value is -1.84. The molecule has 0 radical (unpaired) electrons. The lowest BCUT2D eigenvalue weighted by Crippen LogP contribution is -2.57. The van der Waals surface area contributed by atoms with E-state index in [1.807, 2.05) is 32.0 Å². The van der Waals surface area contributed by atoms with Crippen molar-refractivity contribution in [1.82, 2.24) is 4.90 Å². The number of alkyl halides is 1. The van der Waals surface area contributed by atoms with Crippen LogP contribution in [-0.2, 0) is 19.1 Å². The molecule has 1 N–H and O–H groups in total. The highest BCUT2D eigenvalue weighted by Gasteiger charge is 2.76. The number of thioether (sulfide) groups is 1. The molecule has 7 nitrogen and oxygen atoms in total. The summed E-state index contributed by atoms with van der Waals surface area (Å²) in [6, 6.07) is 4.55. The van der Waals surface area contributed by atoms with Crippen LogP contribution in [0.4, 0.5) is 5.69 Å². The van der Waals surface area contributed by atoms with Crippen molar-refractivity contribution < 1.29 is 24.2 Å². The van der Waals surface area contributed by atoms with E-state index in [0.29, 0.717) is 6.42 Å². The molecule has 3 unspecified atom stereocenters. The summed E-state index contributed by atoms with van der Waals surface area (Å²) in [6.07, 6.45) is 2.26. The van der Waals surface area contributed by atoms with Gasteiger partial charge in [-0.15, -0.1) is 18.3 Å². The number of rotatable bonds is 8. The first-order chi connectivity index (χ1) is 16.6. The van der Waals surface area contributed by atoms with Gasteiger partial charge in [-0.2, -0.15) is 0 Å². The average molecular weight is 566 g/mol. The monoisotopic (exact) mass is 564 g/mol. The molecule has 1 aromatic rings. The number of benzene rings is 1. The van der Waals surface area contributed by atoms with Crippen LogP contribution in [0, 0.1) is 25.7 Å². The standard InChI is InChI=1S/C26H33BrN2O5S/c1-6-10-28(18-11-14(3)8-9-15(18)4)24(32)22-26-12-17(27)21(35-26)19(25(33)34-7-2)20(26)23(31)29(22)16(5)13-30/h6,8-9,11,16-17,19-22,30H,1,7,10,12-13H2,2-5H3/t16-,17?,19-,20+,21-,22?,26?/m1/s1. The van der Waals surface area contributed by atoms with E-state index < -0.39 is 34.6 Å². The van der Waals surface area contributed by atoms with Gasteiger partial charge in [0.15, 0.2) is 0 Å². The molecule has 35 heavy (non-hydrogen) atoms. The van der Waals surface area contributed by atoms with Gasteiger partial charge in [-0.3, -0.25) is 14.4 Å². The van der Waals surface area contributed by atoms with Gasteiger partial charge in [0.2, 0.25) is 5.91 Å². The van der Waals surface area contributed by atoms with Crippen molar-refractivity contribution in [2.24, 2.45) is 11.8 Å². The van der Waals surface area contributed by atoms with Crippen LogP contribution >= 0.6 is 27.7 Å². The number of aryl methyl sites for hydroxylation is 2. The molecule has 9 heteroatoms. The maximum Gasteiger partial charge on any atom is 0.310 e. The van der Waals surface area contributed by atoms with Crippen LogP contribution in [0.25, 0.3) is 0 Å². The third-order valence-corrected chi connectivity index (χ3v) is 10.7. The first-order valence-corrected chi connectivity index (χ1v) is 13.8. The van der Waals surface area contributed by atoms with E-state index in [0.717, 1.165) is 16.8 Å². The second kappa shape index (κ2) is 9.90. The largest absolute Gasteiger partial charge is 0.466 e. The van der Waals surface area contributed by atoms with Crippen molar-refractivity contribution in [2.45, 2.75) is 61.0 Å². The second-order valence-electron chi connectivity index (χ2n) is 9.72. The lowest BCUT2D eigenvalue weighted by atomic mass is 9.71. The lowest BCUT2D eigenvalue weighted by Gasteiger charge is -2.39. The van der Waals surface area contributed by atoms with Crippen molar-refractivity contribution in [3.8, 4) is 0 Å². The highest BCUT2D eigenvalue weighted by atomic mass is 79.9. The van der Waals surface area contributed by atoms with Crippen molar-refractivity contribution in [3.05, 3.63) is 42.0 Å². The number of carbonyl (C=O) groups is 3. The fourth-order valence-electron chi connectivity index (χ4n) is 6.01. The first-order valence-electron chi connectivity index (χ1n) is 12.0. The van der Waals surface area contributed by atoms with Crippen molar-refractivity contribution in [2.75, 3.05) is 24.7 Å². The number of anilines is 1. The Morgan fingerprint density at radius 3 is 2.77 bits per heavy atom. The highest BCUT2D eigenvalue weighted by Crippen LogP contribution is 2.68. The number of amides is 2. The van der Waals surface area contributed by atoms with Crippen molar-refractivity contribution in [1.29, 1.82) is 0 Å². The number of likely N-dealkylation sites (tertiary alicyclic amines) is 1. The summed E-state index contributed by atoms with van der Waals surface area (Å²) in [4.78, 5) is 44.6. The molecule has 190 valence electrons. The van der Waals surface area contributed by atoms with Gasteiger partial charge in [-0.25, -0.2) is 0 Å². The molecule has 1 aromatic carbocycles. The number of esters is 1. The van der Waals surface area contributed by atoms with Gasteiger partial charge in [0.25, 0.3) is 5.91 Å². The molecule has 3 fully saturated rings. The molecular formula is C26H33BrN2O5S. The summed E-state index contributed by atoms with van der Waals surface area (Å²) in [5.74, 6) is -2.16. The minimum Gasteiger partial charge on any atom is -0.466 e. The SMILES string of the molecule is C=CCN(C(=O)C1N([C@H](C)CO)C(=O)[C@@H]2[C@@H](C(=O)OCC)[C@@H]3SC12CC3Br)c1cc(C)ccc1C. The number of hydrogen-bond acceptors (Lipinski definition) is 6. The maximum atomic E-state index is 14.5. The number of carbonyl (C=O) groups excluding carboxylic acids is 3. The van der Waals surface area contributed by atoms with Gasteiger partial charge >= 0.3 is 5.97 Å². The molecule has 1 spiro atoms. The number of hydrogen-bond donors (Lipinski definition) is 1. The van der Waals surface area contributed by atoms with Gasteiger partial charge in [0.1, 0.15) is 6.04 Å². The Kier molecular flexibility index (Phi) is 7.42. The molecule has 3 aliphatic heterocycles. The summed E-state index contributed by atoms with van der Waals surface area (Å²) in [6.45, 7) is 11.5. The molecule has 7 atom stereocenters. The van der Waals surface area contributed by atoms with Crippen LogP contribution in [0.1, 0.15) is 31.4 Å². The quantitative estimate of drug-likeness (QED) is 0.296. The van der Waals surface area contributed by atoms with Gasteiger partial charge < -0.3 is 19.6 Å². The Balaban J connectivity index is 1.84. The molecule has 2 amide bonds.